The molecule has 0 N–H and O–H groups in total. The van der Waals surface area contributed by atoms with Crippen LogP contribution in [0.4, 0.5) is 0 Å². The fourth-order valence-electron chi connectivity index (χ4n) is 1.38. The molecule has 0 unspecified atom stereocenters. The van der Waals surface area contributed by atoms with Gasteiger partial charge in [-0.25, -0.2) is 0 Å². The second kappa shape index (κ2) is 13.4. The van der Waals surface area contributed by atoms with Gasteiger partial charge in [-0.1, -0.05) is 63.3 Å². The first-order chi connectivity index (χ1) is 7.41. The van der Waals surface area contributed by atoms with Crippen LogP contribution in [0.2, 0.25) is 0 Å². The third-order valence-electron chi connectivity index (χ3n) is 2.30. The second-order valence-electron chi connectivity index (χ2n) is 3.80. The molecule has 0 saturated carbocycles. The molecule has 0 atom stereocenters. The van der Waals surface area contributed by atoms with Crippen molar-refractivity contribution in [1.82, 2.24) is 0 Å². The van der Waals surface area contributed by atoms with Crippen molar-refractivity contribution in [2.24, 2.45) is 0 Å². The summed E-state index contributed by atoms with van der Waals surface area (Å²) in [4.78, 5) is 0. The Morgan fingerprint density at radius 1 is 0.933 bits per heavy atom. The maximum absolute atomic E-state index is 5.47. The van der Waals surface area contributed by atoms with Crippen molar-refractivity contribution in [3.8, 4) is 0 Å². The Labute approximate surface area is 95.2 Å². The van der Waals surface area contributed by atoms with Gasteiger partial charge in [-0.15, -0.1) is 0 Å². The molecular weight excluding hydrogens is 184 g/mol. The molecule has 0 radical (unpaired) electrons. The van der Waals surface area contributed by atoms with Crippen molar-refractivity contribution < 1.29 is 4.74 Å². The predicted molar refractivity (Wildman–Crippen MR) is 68.1 cm³/mol. The number of ether oxygens (including phenoxy) is 1. The van der Waals surface area contributed by atoms with E-state index in [4.69, 9.17) is 4.74 Å². The fourth-order valence-corrected chi connectivity index (χ4v) is 1.38. The molecule has 0 aliphatic heterocycles. The molecule has 88 valence electrons. The van der Waals surface area contributed by atoms with Gasteiger partial charge in [0, 0.05) is 6.61 Å². The van der Waals surface area contributed by atoms with Crippen molar-refractivity contribution in [3.63, 3.8) is 0 Å². The Morgan fingerprint density at radius 3 is 2.40 bits per heavy atom. The first-order valence-electron chi connectivity index (χ1n) is 6.27. The molecule has 0 aromatic carbocycles. The molecular formula is C14H26O. The van der Waals surface area contributed by atoms with E-state index in [0.29, 0.717) is 0 Å². The highest BCUT2D eigenvalue weighted by molar-refractivity contribution is 5.00. The summed E-state index contributed by atoms with van der Waals surface area (Å²) in [5, 5.41) is 0. The molecule has 0 aliphatic rings. The van der Waals surface area contributed by atoms with E-state index in [2.05, 4.69) is 13.0 Å². The molecule has 1 nitrogen and oxygen atoms in total. The van der Waals surface area contributed by atoms with Crippen LogP contribution in [-0.4, -0.2) is 13.2 Å². The van der Waals surface area contributed by atoms with Crippen molar-refractivity contribution >= 4 is 0 Å². The lowest BCUT2D eigenvalue weighted by atomic mass is 10.1. The fraction of sp³-hybridized carbons (Fsp3) is 0.714. The zero-order chi connectivity index (χ0) is 11.2. The van der Waals surface area contributed by atoms with Crippen LogP contribution in [0.1, 0.15) is 52.4 Å². The Kier molecular flexibility index (Phi) is 12.9. The van der Waals surface area contributed by atoms with Crippen LogP contribution < -0.4 is 0 Å². The Hall–Kier alpha value is -0.560. The molecule has 0 aromatic heterocycles. The van der Waals surface area contributed by atoms with E-state index in [-0.39, 0.29) is 0 Å². The monoisotopic (exact) mass is 210 g/mol. The van der Waals surface area contributed by atoms with Crippen LogP contribution in [0.3, 0.4) is 0 Å². The Morgan fingerprint density at radius 2 is 1.67 bits per heavy atom. The molecule has 1 heteroatoms. The molecule has 0 fully saturated rings. The van der Waals surface area contributed by atoms with Crippen LogP contribution in [-0.2, 0) is 4.74 Å². The molecule has 0 bridgehead atoms. The van der Waals surface area contributed by atoms with Crippen LogP contribution in [0, 0.1) is 0 Å². The van der Waals surface area contributed by atoms with Crippen molar-refractivity contribution in [1.29, 1.82) is 0 Å². The molecule has 0 amide bonds. The highest BCUT2D eigenvalue weighted by Crippen LogP contribution is 2.04. The maximum Gasteiger partial charge on any atom is 0.0650 e. The molecule has 0 aliphatic carbocycles. The topological polar surface area (TPSA) is 9.23 Å². The second-order valence-corrected chi connectivity index (χ2v) is 3.80. The SMILES string of the molecule is C/C=C/C=C/COCCCCCCCC. The standard InChI is InChI=1S/C14H26O/c1-3-5-7-9-10-12-14-15-13-11-8-6-4-2/h4,6,8,11H,3,5,7,9-10,12-14H2,1-2H3/b6-4+,11-8+. The summed E-state index contributed by atoms with van der Waals surface area (Å²) in [6, 6.07) is 0. The summed E-state index contributed by atoms with van der Waals surface area (Å²) in [6.45, 7) is 5.92. The molecule has 0 saturated heterocycles. The molecule has 0 spiro atoms. The van der Waals surface area contributed by atoms with Crippen LogP contribution in [0.25, 0.3) is 0 Å². The largest absolute Gasteiger partial charge is 0.377 e. The van der Waals surface area contributed by atoms with Crippen molar-refractivity contribution in [2.45, 2.75) is 52.4 Å². The number of allylic oxidation sites excluding steroid dienone is 3. The van der Waals surface area contributed by atoms with Crippen LogP contribution in [0.5, 0.6) is 0 Å². The van der Waals surface area contributed by atoms with E-state index in [0.717, 1.165) is 13.2 Å². The van der Waals surface area contributed by atoms with E-state index < -0.39 is 0 Å². The van der Waals surface area contributed by atoms with Gasteiger partial charge < -0.3 is 4.74 Å². The average Bonchev–Trinajstić information content (AvgIpc) is 2.26. The van der Waals surface area contributed by atoms with Gasteiger partial charge in [-0.3, -0.25) is 0 Å². The molecule has 0 rings (SSSR count). The van der Waals surface area contributed by atoms with E-state index in [1.165, 1.54) is 38.5 Å². The van der Waals surface area contributed by atoms with Crippen LogP contribution >= 0.6 is 0 Å². The van der Waals surface area contributed by atoms with E-state index in [1.807, 2.05) is 25.2 Å². The van der Waals surface area contributed by atoms with E-state index in [1.54, 1.807) is 0 Å². The maximum atomic E-state index is 5.47. The minimum absolute atomic E-state index is 0.749. The zero-order valence-corrected chi connectivity index (χ0v) is 10.4. The van der Waals surface area contributed by atoms with Gasteiger partial charge in [0.05, 0.1) is 6.61 Å². The summed E-state index contributed by atoms with van der Waals surface area (Å²) in [7, 11) is 0. The molecule has 0 aromatic rings. The van der Waals surface area contributed by atoms with E-state index >= 15 is 0 Å². The highest BCUT2D eigenvalue weighted by Gasteiger charge is 1.89. The predicted octanol–water partition coefficient (Wildman–Crippen LogP) is 4.50. The highest BCUT2D eigenvalue weighted by atomic mass is 16.5. The smallest absolute Gasteiger partial charge is 0.0650 e. The van der Waals surface area contributed by atoms with Gasteiger partial charge in [0.2, 0.25) is 0 Å². The third kappa shape index (κ3) is 13.4. The van der Waals surface area contributed by atoms with Gasteiger partial charge in [0.1, 0.15) is 0 Å². The van der Waals surface area contributed by atoms with Gasteiger partial charge in [0.25, 0.3) is 0 Å². The quantitative estimate of drug-likeness (QED) is 0.381. The summed E-state index contributed by atoms with van der Waals surface area (Å²) in [5.74, 6) is 0. The van der Waals surface area contributed by atoms with Crippen molar-refractivity contribution in [2.75, 3.05) is 13.2 Å². The lowest BCUT2D eigenvalue weighted by Gasteiger charge is -2.01. The summed E-state index contributed by atoms with van der Waals surface area (Å²) >= 11 is 0. The average molecular weight is 210 g/mol. The normalized spacial score (nSPS) is 11.9. The number of hydrogen-bond donors (Lipinski definition) is 0. The third-order valence-corrected chi connectivity index (χ3v) is 2.30. The lowest BCUT2D eigenvalue weighted by Crippen LogP contribution is -1.94. The van der Waals surface area contributed by atoms with Crippen LogP contribution in [0.15, 0.2) is 24.3 Å². The number of rotatable bonds is 10. The zero-order valence-electron chi connectivity index (χ0n) is 10.4. The minimum Gasteiger partial charge on any atom is -0.377 e. The van der Waals surface area contributed by atoms with Crippen molar-refractivity contribution in [3.05, 3.63) is 24.3 Å². The summed E-state index contributed by atoms with van der Waals surface area (Å²) in [6.07, 6.45) is 16.1. The number of hydrogen-bond acceptors (Lipinski definition) is 1. The minimum atomic E-state index is 0.749. The summed E-state index contributed by atoms with van der Waals surface area (Å²) in [5.41, 5.74) is 0. The Bertz CT molecular complexity index is 159. The first kappa shape index (κ1) is 14.4. The lowest BCUT2D eigenvalue weighted by molar-refractivity contribution is 0.157. The van der Waals surface area contributed by atoms with Gasteiger partial charge in [-0.05, 0) is 13.3 Å². The van der Waals surface area contributed by atoms with E-state index in [9.17, 15) is 0 Å². The number of unbranched alkanes of at least 4 members (excludes halogenated alkanes) is 5. The first-order valence-corrected chi connectivity index (χ1v) is 6.27. The Balaban J connectivity index is 2.98. The summed E-state index contributed by atoms with van der Waals surface area (Å²) < 4.78 is 5.47. The molecule has 15 heavy (non-hydrogen) atoms. The van der Waals surface area contributed by atoms with Gasteiger partial charge >= 0.3 is 0 Å². The van der Waals surface area contributed by atoms with Gasteiger partial charge in [-0.2, -0.15) is 0 Å². The molecule has 0 heterocycles. The van der Waals surface area contributed by atoms with Gasteiger partial charge in [0.15, 0.2) is 0 Å².